The lowest BCUT2D eigenvalue weighted by atomic mass is 10.1. The first kappa shape index (κ1) is 20.2. The second-order valence-electron chi connectivity index (χ2n) is 6.91. The van der Waals surface area contributed by atoms with E-state index in [1.165, 1.54) is 12.5 Å². The molecule has 7 heteroatoms. The van der Waals surface area contributed by atoms with Crippen LogP contribution in [0.5, 0.6) is 5.75 Å². The van der Waals surface area contributed by atoms with Crippen molar-refractivity contribution in [1.29, 1.82) is 0 Å². The molecular weight excluding hydrogens is 376 g/mol. The van der Waals surface area contributed by atoms with Crippen molar-refractivity contribution in [2.75, 3.05) is 11.1 Å². The lowest BCUT2D eigenvalue weighted by molar-refractivity contribution is 0.206. The van der Waals surface area contributed by atoms with Crippen molar-refractivity contribution in [3.8, 4) is 5.75 Å². The molecule has 6 nitrogen and oxygen atoms in total. The standard InChI is InChI=1S/C21H26N2O4S/c1-3-16-5-9-18(10-6-16)22-21(24)23(19-11-12-19)15-17-7-13-20(14-8-17)27-28(25,26)4-2/h5-10,13-14,19H,3-4,11-12,15H2,1-2H3,(H,22,24). The van der Waals surface area contributed by atoms with Gasteiger partial charge in [0.2, 0.25) is 0 Å². The maximum absolute atomic E-state index is 12.8. The van der Waals surface area contributed by atoms with E-state index in [0.29, 0.717) is 6.54 Å². The molecule has 0 heterocycles. The molecular formula is C21H26N2O4S. The summed E-state index contributed by atoms with van der Waals surface area (Å²) in [5.74, 6) is 0.202. The average molecular weight is 403 g/mol. The topological polar surface area (TPSA) is 75.7 Å². The van der Waals surface area contributed by atoms with Crippen molar-refractivity contribution in [2.45, 2.75) is 45.7 Å². The number of nitrogens with zero attached hydrogens (tertiary/aromatic N) is 1. The number of anilines is 1. The van der Waals surface area contributed by atoms with Gasteiger partial charge in [0.05, 0.1) is 5.75 Å². The number of nitrogens with one attached hydrogen (secondary N) is 1. The highest BCUT2D eigenvalue weighted by Crippen LogP contribution is 2.29. The second-order valence-corrected chi connectivity index (χ2v) is 8.77. The lowest BCUT2D eigenvalue weighted by Gasteiger charge is -2.23. The molecule has 2 amide bonds. The van der Waals surface area contributed by atoms with Gasteiger partial charge in [-0.2, -0.15) is 8.42 Å². The molecule has 3 rings (SSSR count). The van der Waals surface area contributed by atoms with Crippen LogP contribution in [0.3, 0.4) is 0 Å². The van der Waals surface area contributed by atoms with Crippen molar-refractivity contribution in [3.05, 3.63) is 59.7 Å². The maximum atomic E-state index is 12.8. The van der Waals surface area contributed by atoms with Gasteiger partial charge in [-0.3, -0.25) is 0 Å². The fourth-order valence-electron chi connectivity index (χ4n) is 2.82. The van der Waals surface area contributed by atoms with Gasteiger partial charge in [-0.1, -0.05) is 31.2 Å². The maximum Gasteiger partial charge on any atom is 0.322 e. The van der Waals surface area contributed by atoms with Crippen molar-refractivity contribution in [1.82, 2.24) is 4.90 Å². The Labute approximate surface area is 166 Å². The highest BCUT2D eigenvalue weighted by atomic mass is 32.2. The minimum Gasteiger partial charge on any atom is -0.382 e. The number of hydrogen-bond donors (Lipinski definition) is 1. The largest absolute Gasteiger partial charge is 0.382 e. The molecule has 2 aromatic rings. The first-order valence-electron chi connectivity index (χ1n) is 9.58. The summed E-state index contributed by atoms with van der Waals surface area (Å²) < 4.78 is 28.1. The van der Waals surface area contributed by atoms with Crippen LogP contribution in [0, 0.1) is 0 Å². The number of aryl methyl sites for hydroxylation is 1. The molecule has 0 bridgehead atoms. The summed E-state index contributed by atoms with van der Waals surface area (Å²) in [6.07, 6.45) is 2.96. The van der Waals surface area contributed by atoms with E-state index in [-0.39, 0.29) is 23.6 Å². The normalized spacial score (nSPS) is 13.8. The van der Waals surface area contributed by atoms with Crippen LogP contribution in [0.25, 0.3) is 0 Å². The monoisotopic (exact) mass is 402 g/mol. The summed E-state index contributed by atoms with van der Waals surface area (Å²) >= 11 is 0. The predicted molar refractivity (Wildman–Crippen MR) is 110 cm³/mol. The quantitative estimate of drug-likeness (QED) is 0.672. The number of hydrogen-bond acceptors (Lipinski definition) is 4. The Morgan fingerprint density at radius 2 is 1.64 bits per heavy atom. The zero-order valence-corrected chi connectivity index (χ0v) is 17.0. The number of urea groups is 1. The summed E-state index contributed by atoms with van der Waals surface area (Å²) in [4.78, 5) is 14.6. The number of carbonyl (C=O) groups excluding carboxylic acids is 1. The SMILES string of the molecule is CCc1ccc(NC(=O)N(Cc2ccc(OS(=O)(=O)CC)cc2)C2CC2)cc1. The Kier molecular flexibility index (Phi) is 6.24. The Bertz CT molecular complexity index is 904. The van der Waals surface area contributed by atoms with Crippen LogP contribution >= 0.6 is 0 Å². The minimum atomic E-state index is -3.54. The fourth-order valence-corrected chi connectivity index (χ4v) is 3.35. The lowest BCUT2D eigenvalue weighted by Crippen LogP contribution is -2.36. The van der Waals surface area contributed by atoms with Crippen molar-refractivity contribution in [2.24, 2.45) is 0 Å². The summed E-state index contributed by atoms with van der Waals surface area (Å²) in [6, 6.07) is 14.8. The first-order valence-corrected chi connectivity index (χ1v) is 11.2. The van der Waals surface area contributed by atoms with E-state index in [1.54, 1.807) is 24.3 Å². The number of amides is 2. The summed E-state index contributed by atoms with van der Waals surface area (Å²) in [5, 5.41) is 2.97. The minimum absolute atomic E-state index is 0.0797. The van der Waals surface area contributed by atoms with E-state index in [1.807, 2.05) is 29.2 Å². The molecule has 1 N–H and O–H groups in total. The van der Waals surface area contributed by atoms with Crippen LogP contribution in [-0.2, 0) is 23.1 Å². The van der Waals surface area contributed by atoms with Crippen LogP contribution in [0.1, 0.15) is 37.8 Å². The molecule has 1 aliphatic rings. The molecule has 1 aliphatic carbocycles. The molecule has 1 fully saturated rings. The smallest absolute Gasteiger partial charge is 0.322 e. The van der Waals surface area contributed by atoms with E-state index in [9.17, 15) is 13.2 Å². The molecule has 150 valence electrons. The van der Waals surface area contributed by atoms with Gasteiger partial charge in [-0.15, -0.1) is 0 Å². The Morgan fingerprint density at radius 1 is 1.04 bits per heavy atom. The fraction of sp³-hybridized carbons (Fsp3) is 0.381. The van der Waals surface area contributed by atoms with E-state index in [0.717, 1.165) is 30.5 Å². The van der Waals surface area contributed by atoms with Gasteiger partial charge in [0.25, 0.3) is 0 Å². The third-order valence-corrected chi connectivity index (χ3v) is 5.87. The third kappa shape index (κ3) is 5.48. The van der Waals surface area contributed by atoms with Crippen LogP contribution in [0.2, 0.25) is 0 Å². The van der Waals surface area contributed by atoms with E-state index >= 15 is 0 Å². The van der Waals surface area contributed by atoms with Gasteiger partial charge >= 0.3 is 16.1 Å². The molecule has 0 radical (unpaired) electrons. The van der Waals surface area contributed by atoms with Gasteiger partial charge in [-0.25, -0.2) is 4.79 Å². The highest BCUT2D eigenvalue weighted by molar-refractivity contribution is 7.87. The Hall–Kier alpha value is -2.54. The number of benzene rings is 2. The summed E-state index contributed by atoms with van der Waals surface area (Å²) in [5.41, 5.74) is 2.93. The highest BCUT2D eigenvalue weighted by Gasteiger charge is 2.32. The molecule has 28 heavy (non-hydrogen) atoms. The first-order chi connectivity index (χ1) is 13.4. The predicted octanol–water partition coefficient (Wildman–Crippen LogP) is 4.17. The van der Waals surface area contributed by atoms with Crippen LogP contribution < -0.4 is 9.50 Å². The van der Waals surface area contributed by atoms with E-state index in [2.05, 4.69) is 12.2 Å². The summed E-state index contributed by atoms with van der Waals surface area (Å²) in [7, 11) is -3.54. The molecule has 0 unspecified atom stereocenters. The zero-order valence-electron chi connectivity index (χ0n) is 16.2. The third-order valence-electron chi connectivity index (χ3n) is 4.71. The van der Waals surface area contributed by atoms with Gasteiger partial charge in [0.1, 0.15) is 5.75 Å². The van der Waals surface area contributed by atoms with Gasteiger partial charge in [0, 0.05) is 18.3 Å². The second kappa shape index (κ2) is 8.65. The average Bonchev–Trinajstić information content (AvgIpc) is 3.52. The van der Waals surface area contributed by atoms with Crippen molar-refractivity contribution in [3.63, 3.8) is 0 Å². The van der Waals surface area contributed by atoms with Gasteiger partial charge < -0.3 is 14.4 Å². The molecule has 0 atom stereocenters. The molecule has 2 aromatic carbocycles. The molecule has 0 aromatic heterocycles. The Balaban J connectivity index is 1.64. The number of rotatable bonds is 8. The molecule has 0 spiro atoms. The molecule has 0 aliphatic heterocycles. The number of carbonyl (C=O) groups is 1. The van der Waals surface area contributed by atoms with E-state index < -0.39 is 10.1 Å². The molecule has 0 saturated heterocycles. The zero-order chi connectivity index (χ0) is 20.1. The van der Waals surface area contributed by atoms with Gasteiger partial charge in [0.15, 0.2) is 0 Å². The molecule has 1 saturated carbocycles. The van der Waals surface area contributed by atoms with Crippen LogP contribution in [0.15, 0.2) is 48.5 Å². The van der Waals surface area contributed by atoms with E-state index in [4.69, 9.17) is 4.18 Å². The van der Waals surface area contributed by atoms with Crippen LogP contribution in [-0.4, -0.2) is 31.1 Å². The van der Waals surface area contributed by atoms with Crippen molar-refractivity contribution >= 4 is 21.8 Å². The van der Waals surface area contributed by atoms with Crippen LogP contribution in [0.4, 0.5) is 10.5 Å². The summed E-state index contributed by atoms with van der Waals surface area (Å²) in [6.45, 7) is 4.09. The van der Waals surface area contributed by atoms with Crippen molar-refractivity contribution < 1.29 is 17.4 Å². The Morgan fingerprint density at radius 3 is 2.18 bits per heavy atom. The van der Waals surface area contributed by atoms with Gasteiger partial charge in [-0.05, 0) is 61.6 Å².